The number of hydrogen-bond donors (Lipinski definition) is 2. The van der Waals surface area contributed by atoms with E-state index in [2.05, 4.69) is 0 Å². The monoisotopic (exact) mass is 334 g/mol. The van der Waals surface area contributed by atoms with E-state index in [9.17, 15) is 24.3 Å². The van der Waals surface area contributed by atoms with E-state index in [4.69, 9.17) is 0 Å². The molecule has 0 aromatic heterocycles. The van der Waals surface area contributed by atoms with Crippen LogP contribution in [0, 0.1) is 0 Å². The van der Waals surface area contributed by atoms with E-state index in [-0.39, 0.29) is 35.7 Å². The number of imide groups is 1. The summed E-state index contributed by atoms with van der Waals surface area (Å²) in [6.07, 6.45) is -0.392. The summed E-state index contributed by atoms with van der Waals surface area (Å²) < 4.78 is 14.6. The third-order valence-electron chi connectivity index (χ3n) is 4.52. The molecule has 0 radical (unpaired) electrons. The predicted molar refractivity (Wildman–Crippen MR) is 83.1 cm³/mol. The molecule has 128 valence electrons. The van der Waals surface area contributed by atoms with Gasteiger partial charge in [-0.3, -0.25) is 14.5 Å². The lowest BCUT2D eigenvalue weighted by Gasteiger charge is -2.20. The minimum atomic E-state index is -0.778. The number of carbonyl (C=O) groups is 2. The fourth-order valence-electron chi connectivity index (χ4n) is 3.13. The first-order chi connectivity index (χ1) is 11.4. The number of carbonyl (C=O) groups excluding carboxylic acids is 2. The zero-order valence-corrected chi connectivity index (χ0v) is 13.3. The van der Waals surface area contributed by atoms with Crippen LogP contribution in [-0.4, -0.2) is 57.3 Å². The summed E-state index contributed by atoms with van der Waals surface area (Å²) in [5.41, 5.74) is 0.725. The van der Waals surface area contributed by atoms with Crippen LogP contribution in [0.25, 0.3) is 0 Å². The highest BCUT2D eigenvalue weighted by Gasteiger charge is 2.36. The number of aliphatic hydroxyl groups excluding tert-OH is 1. The molecule has 0 saturated carbocycles. The van der Waals surface area contributed by atoms with Gasteiger partial charge >= 0.3 is 0 Å². The van der Waals surface area contributed by atoms with Gasteiger partial charge in [0.1, 0.15) is 5.83 Å². The Morgan fingerprint density at radius 3 is 2.42 bits per heavy atom. The van der Waals surface area contributed by atoms with E-state index in [1.807, 2.05) is 0 Å². The second-order valence-electron chi connectivity index (χ2n) is 6.29. The summed E-state index contributed by atoms with van der Waals surface area (Å²) in [6, 6.07) is 6.06. The molecule has 7 heteroatoms. The molecule has 1 fully saturated rings. The van der Waals surface area contributed by atoms with Gasteiger partial charge in [0.05, 0.1) is 23.8 Å². The maximum absolute atomic E-state index is 14.6. The standard InChI is InChI=1S/C17H19FN2O4/c1-10-6-12(21)7-11(8-20(10)24)15(18)9-19-16(22)13-4-2-3-5-14(13)17(19)23/h2-5,10,12,21,24H,6-9H2,1H3/b15-11-. The van der Waals surface area contributed by atoms with Crippen molar-refractivity contribution in [2.24, 2.45) is 0 Å². The lowest BCUT2D eigenvalue weighted by atomic mass is 10.1. The van der Waals surface area contributed by atoms with Gasteiger partial charge in [-0.25, -0.2) is 4.39 Å². The summed E-state index contributed by atoms with van der Waals surface area (Å²) >= 11 is 0. The van der Waals surface area contributed by atoms with Gasteiger partial charge in [0.25, 0.3) is 11.8 Å². The third kappa shape index (κ3) is 2.98. The molecule has 0 aliphatic carbocycles. The van der Waals surface area contributed by atoms with Crippen molar-refractivity contribution in [2.75, 3.05) is 13.1 Å². The van der Waals surface area contributed by atoms with E-state index < -0.39 is 30.3 Å². The smallest absolute Gasteiger partial charge is 0.261 e. The minimum absolute atomic E-state index is 0.0623. The van der Waals surface area contributed by atoms with Gasteiger partial charge in [-0.1, -0.05) is 12.1 Å². The molecule has 6 nitrogen and oxygen atoms in total. The third-order valence-corrected chi connectivity index (χ3v) is 4.52. The second kappa shape index (κ2) is 6.43. The van der Waals surface area contributed by atoms with Crippen LogP contribution in [0.3, 0.4) is 0 Å². The molecule has 2 aliphatic rings. The SMILES string of the molecule is CC1CC(O)C/C(=C(/F)CN2C(=O)c3ccccc3C2=O)CN1O. The highest BCUT2D eigenvalue weighted by atomic mass is 19.1. The second-order valence-corrected chi connectivity index (χ2v) is 6.29. The van der Waals surface area contributed by atoms with Crippen LogP contribution in [0.5, 0.6) is 0 Å². The predicted octanol–water partition coefficient (Wildman–Crippen LogP) is 1.74. The van der Waals surface area contributed by atoms with Crippen LogP contribution in [0.2, 0.25) is 0 Å². The average molecular weight is 334 g/mol. The Morgan fingerprint density at radius 1 is 1.25 bits per heavy atom. The fourth-order valence-corrected chi connectivity index (χ4v) is 3.13. The first-order valence-corrected chi connectivity index (χ1v) is 7.83. The number of halogens is 1. The summed E-state index contributed by atoms with van der Waals surface area (Å²) in [6.45, 7) is 1.18. The lowest BCUT2D eigenvalue weighted by molar-refractivity contribution is -0.116. The summed E-state index contributed by atoms with van der Waals surface area (Å²) in [5, 5.41) is 20.8. The van der Waals surface area contributed by atoms with Crippen LogP contribution in [0.1, 0.15) is 40.5 Å². The van der Waals surface area contributed by atoms with Gasteiger partial charge in [-0.05, 0) is 37.5 Å². The number of rotatable bonds is 2. The highest BCUT2D eigenvalue weighted by molar-refractivity contribution is 6.21. The van der Waals surface area contributed by atoms with Crippen LogP contribution >= 0.6 is 0 Å². The number of aliphatic hydroxyl groups is 1. The van der Waals surface area contributed by atoms with Gasteiger partial charge in [0.15, 0.2) is 0 Å². The molecule has 2 amide bonds. The number of benzene rings is 1. The molecule has 1 aromatic carbocycles. The Balaban J connectivity index is 1.83. The van der Waals surface area contributed by atoms with Crippen LogP contribution in [-0.2, 0) is 0 Å². The normalized spacial score (nSPS) is 27.2. The maximum Gasteiger partial charge on any atom is 0.261 e. The van der Waals surface area contributed by atoms with Crippen molar-refractivity contribution in [3.8, 4) is 0 Å². The first-order valence-electron chi connectivity index (χ1n) is 7.83. The van der Waals surface area contributed by atoms with Crippen LogP contribution in [0.4, 0.5) is 4.39 Å². The quantitative estimate of drug-likeness (QED) is 0.805. The van der Waals surface area contributed by atoms with Crippen molar-refractivity contribution < 1.29 is 24.3 Å². The Morgan fingerprint density at radius 2 is 1.83 bits per heavy atom. The Kier molecular flexibility index (Phi) is 4.49. The molecule has 2 aliphatic heterocycles. The van der Waals surface area contributed by atoms with Crippen LogP contribution in [0.15, 0.2) is 35.7 Å². The van der Waals surface area contributed by atoms with Gasteiger partial charge in [-0.15, -0.1) is 0 Å². The largest absolute Gasteiger partial charge is 0.393 e. The Labute approximate surface area is 138 Å². The molecule has 1 saturated heterocycles. The van der Waals surface area contributed by atoms with Crippen molar-refractivity contribution in [1.82, 2.24) is 9.96 Å². The Hall–Kier alpha value is -2.09. The van der Waals surface area contributed by atoms with E-state index in [1.165, 1.54) is 12.1 Å². The topological polar surface area (TPSA) is 81.1 Å². The Bertz CT molecular complexity index is 683. The van der Waals surface area contributed by atoms with Crippen molar-refractivity contribution in [1.29, 1.82) is 0 Å². The maximum atomic E-state index is 14.6. The van der Waals surface area contributed by atoms with Crippen molar-refractivity contribution in [3.05, 3.63) is 46.8 Å². The summed E-state index contributed by atoms with van der Waals surface area (Å²) in [5.74, 6) is -1.74. The minimum Gasteiger partial charge on any atom is -0.393 e. The molecular weight excluding hydrogens is 315 g/mol. The molecule has 2 unspecified atom stereocenters. The fraction of sp³-hybridized carbons (Fsp3) is 0.412. The van der Waals surface area contributed by atoms with Crippen molar-refractivity contribution in [2.45, 2.75) is 31.9 Å². The van der Waals surface area contributed by atoms with E-state index in [0.29, 0.717) is 6.42 Å². The van der Waals surface area contributed by atoms with Crippen LogP contribution < -0.4 is 0 Å². The van der Waals surface area contributed by atoms with Crippen molar-refractivity contribution in [3.63, 3.8) is 0 Å². The van der Waals surface area contributed by atoms with Crippen molar-refractivity contribution >= 4 is 11.8 Å². The van der Waals surface area contributed by atoms with Gasteiger partial charge < -0.3 is 10.3 Å². The molecule has 2 N–H and O–H groups in total. The van der Waals surface area contributed by atoms with E-state index in [1.54, 1.807) is 19.1 Å². The summed E-state index contributed by atoms with van der Waals surface area (Å²) in [4.78, 5) is 25.4. The molecule has 3 rings (SSSR count). The molecule has 24 heavy (non-hydrogen) atoms. The number of fused-ring (bicyclic) bond motifs is 1. The van der Waals surface area contributed by atoms with Gasteiger partial charge in [0.2, 0.25) is 0 Å². The molecule has 2 heterocycles. The average Bonchev–Trinajstić information content (AvgIpc) is 2.70. The number of hydrogen-bond acceptors (Lipinski definition) is 5. The molecule has 0 bridgehead atoms. The zero-order chi connectivity index (χ0) is 17.4. The van der Waals surface area contributed by atoms with Gasteiger partial charge in [0, 0.05) is 12.6 Å². The lowest BCUT2D eigenvalue weighted by Crippen LogP contribution is -2.33. The zero-order valence-electron chi connectivity index (χ0n) is 13.3. The summed E-state index contributed by atoms with van der Waals surface area (Å²) in [7, 11) is 0. The highest BCUT2D eigenvalue weighted by Crippen LogP contribution is 2.27. The van der Waals surface area contributed by atoms with E-state index >= 15 is 0 Å². The van der Waals surface area contributed by atoms with E-state index in [0.717, 1.165) is 9.96 Å². The van der Waals surface area contributed by atoms with Gasteiger partial charge in [-0.2, -0.15) is 5.06 Å². The molecule has 1 aromatic rings. The number of nitrogens with zero attached hydrogens (tertiary/aromatic N) is 2. The number of hydroxylamine groups is 2. The molecule has 2 atom stereocenters. The molecule has 0 spiro atoms. The molecular formula is C17H19FN2O4. The number of amides is 2. The first kappa shape index (κ1) is 16.8.